The van der Waals surface area contributed by atoms with E-state index in [1.54, 1.807) is 11.0 Å². The lowest BCUT2D eigenvalue weighted by molar-refractivity contribution is 0.0206. The Labute approximate surface area is 192 Å². The number of aromatic nitrogens is 3. The summed E-state index contributed by atoms with van der Waals surface area (Å²) >= 11 is 0. The lowest BCUT2D eigenvalue weighted by Crippen LogP contribution is -2.47. The molecule has 0 bridgehead atoms. The molecule has 0 aliphatic carbocycles. The minimum Gasteiger partial charge on any atom is -0.444 e. The van der Waals surface area contributed by atoms with E-state index < -0.39 is 11.5 Å². The quantitative estimate of drug-likeness (QED) is 0.721. The summed E-state index contributed by atoms with van der Waals surface area (Å²) in [7, 11) is 0. The summed E-state index contributed by atoms with van der Waals surface area (Å²) in [6.45, 7) is 7.89. The third-order valence-corrected chi connectivity index (χ3v) is 5.50. The summed E-state index contributed by atoms with van der Waals surface area (Å²) in [6.07, 6.45) is 5.48. The van der Waals surface area contributed by atoms with Crippen LogP contribution in [0.25, 0.3) is 17.1 Å². The van der Waals surface area contributed by atoms with Gasteiger partial charge >= 0.3 is 6.09 Å². The number of likely N-dealkylation sites (tertiary alicyclic amines) is 1. The van der Waals surface area contributed by atoms with Gasteiger partial charge in [-0.15, -0.1) is 0 Å². The SMILES string of the molecule is CC(C)(C)OC(=O)N1CCC[C@H](Nc2ncnc3c(C(N)=O)cc(/C=C4/CCOC4)nc23)C1. The maximum absolute atomic E-state index is 12.5. The zero-order chi connectivity index (χ0) is 23.6. The van der Waals surface area contributed by atoms with E-state index in [9.17, 15) is 9.59 Å². The fourth-order valence-electron chi connectivity index (χ4n) is 4.01. The Balaban J connectivity index is 1.62. The first kappa shape index (κ1) is 22.9. The number of hydrogen-bond donors (Lipinski definition) is 2. The van der Waals surface area contributed by atoms with E-state index in [-0.39, 0.29) is 17.7 Å². The average molecular weight is 455 g/mol. The van der Waals surface area contributed by atoms with Crippen molar-refractivity contribution >= 4 is 34.9 Å². The van der Waals surface area contributed by atoms with Crippen LogP contribution in [0.15, 0.2) is 18.0 Å². The standard InChI is InChI=1S/C23H30N6O4/c1-23(2,3)33-22(31)29-7-4-5-15(11-29)28-21-19-18(25-13-26-21)17(20(24)30)10-16(27-19)9-14-6-8-32-12-14/h9-10,13,15H,4-8,11-12H2,1-3H3,(H2,24,30)(H,25,26,28)/b14-9-/t15-/m0/s1. The highest BCUT2D eigenvalue weighted by Gasteiger charge is 2.28. The molecule has 0 spiro atoms. The number of anilines is 1. The van der Waals surface area contributed by atoms with Gasteiger partial charge in [0.15, 0.2) is 5.82 Å². The van der Waals surface area contributed by atoms with E-state index >= 15 is 0 Å². The molecule has 3 N–H and O–H groups in total. The van der Waals surface area contributed by atoms with Gasteiger partial charge in [0.05, 0.1) is 24.5 Å². The molecule has 10 nitrogen and oxygen atoms in total. The highest BCUT2D eigenvalue weighted by atomic mass is 16.6. The number of nitrogens with two attached hydrogens (primary N) is 1. The summed E-state index contributed by atoms with van der Waals surface area (Å²) in [6, 6.07) is 1.60. The molecule has 0 unspecified atom stereocenters. The summed E-state index contributed by atoms with van der Waals surface area (Å²) in [5.41, 5.74) is 7.94. The number of hydrogen-bond acceptors (Lipinski definition) is 8. The van der Waals surface area contributed by atoms with Crippen molar-refractivity contribution in [2.45, 2.75) is 51.7 Å². The van der Waals surface area contributed by atoms with Gasteiger partial charge in [-0.1, -0.05) is 0 Å². The second kappa shape index (κ2) is 9.30. The van der Waals surface area contributed by atoms with Crippen molar-refractivity contribution in [1.82, 2.24) is 19.9 Å². The molecule has 4 heterocycles. The highest BCUT2D eigenvalue weighted by Crippen LogP contribution is 2.26. The van der Waals surface area contributed by atoms with Crippen LogP contribution < -0.4 is 11.1 Å². The van der Waals surface area contributed by atoms with Gasteiger partial charge in [-0.3, -0.25) is 4.79 Å². The first-order chi connectivity index (χ1) is 15.7. The molecule has 0 aromatic carbocycles. The maximum Gasteiger partial charge on any atom is 0.410 e. The Morgan fingerprint density at radius 1 is 1.30 bits per heavy atom. The maximum atomic E-state index is 12.5. The minimum absolute atomic E-state index is 0.0477. The van der Waals surface area contributed by atoms with Crippen molar-refractivity contribution < 1.29 is 19.1 Å². The van der Waals surface area contributed by atoms with Gasteiger partial charge in [0.2, 0.25) is 0 Å². The fraction of sp³-hybridized carbons (Fsp3) is 0.522. The molecule has 1 atom stereocenters. The van der Waals surface area contributed by atoms with Crippen molar-refractivity contribution in [1.29, 1.82) is 0 Å². The molecule has 10 heteroatoms. The van der Waals surface area contributed by atoms with E-state index in [1.165, 1.54) is 6.33 Å². The van der Waals surface area contributed by atoms with Crippen LogP contribution in [0.5, 0.6) is 0 Å². The molecule has 2 aliphatic rings. The van der Waals surface area contributed by atoms with E-state index in [0.717, 1.165) is 24.8 Å². The number of fused-ring (bicyclic) bond motifs is 1. The zero-order valence-electron chi connectivity index (χ0n) is 19.3. The lowest BCUT2D eigenvalue weighted by Gasteiger charge is -2.34. The van der Waals surface area contributed by atoms with Crippen LogP contribution >= 0.6 is 0 Å². The van der Waals surface area contributed by atoms with Crippen LogP contribution in [-0.2, 0) is 9.47 Å². The number of piperidine rings is 1. The van der Waals surface area contributed by atoms with Crippen LogP contribution in [0.3, 0.4) is 0 Å². The second-order valence-corrected chi connectivity index (χ2v) is 9.39. The first-order valence-corrected chi connectivity index (χ1v) is 11.2. The van der Waals surface area contributed by atoms with Gasteiger partial charge in [0, 0.05) is 19.1 Å². The molecular formula is C23H30N6O4. The normalized spacial score (nSPS) is 20.3. The van der Waals surface area contributed by atoms with Crippen molar-refractivity contribution in [3.63, 3.8) is 0 Å². The predicted octanol–water partition coefficient (Wildman–Crippen LogP) is 2.74. The zero-order valence-corrected chi connectivity index (χ0v) is 19.3. The van der Waals surface area contributed by atoms with Gasteiger partial charge in [-0.2, -0.15) is 0 Å². The van der Waals surface area contributed by atoms with E-state index in [0.29, 0.717) is 48.8 Å². The van der Waals surface area contributed by atoms with Crippen molar-refractivity contribution in [2.24, 2.45) is 5.73 Å². The first-order valence-electron chi connectivity index (χ1n) is 11.2. The number of pyridine rings is 1. The number of primary amides is 1. The molecule has 176 valence electrons. The van der Waals surface area contributed by atoms with Crippen molar-refractivity contribution in [3.05, 3.63) is 29.2 Å². The molecule has 0 saturated carbocycles. The Morgan fingerprint density at radius 3 is 2.82 bits per heavy atom. The molecule has 2 aromatic heterocycles. The lowest BCUT2D eigenvalue weighted by atomic mass is 10.1. The molecule has 2 fully saturated rings. The minimum atomic E-state index is -0.580. The largest absolute Gasteiger partial charge is 0.444 e. The third-order valence-electron chi connectivity index (χ3n) is 5.50. The van der Waals surface area contributed by atoms with Crippen molar-refractivity contribution in [2.75, 3.05) is 31.6 Å². The Hall–Kier alpha value is -3.27. The average Bonchev–Trinajstić information content (AvgIpc) is 3.25. The van der Waals surface area contributed by atoms with Gasteiger partial charge in [-0.05, 0) is 57.7 Å². The second-order valence-electron chi connectivity index (χ2n) is 9.39. The third kappa shape index (κ3) is 5.57. The van der Waals surface area contributed by atoms with Crippen LogP contribution in [0.2, 0.25) is 0 Å². The summed E-state index contributed by atoms with van der Waals surface area (Å²) in [5, 5.41) is 3.40. The van der Waals surface area contributed by atoms with Gasteiger partial charge in [0.1, 0.15) is 23.0 Å². The Kier molecular flexibility index (Phi) is 6.46. The fourth-order valence-corrected chi connectivity index (χ4v) is 4.01. The van der Waals surface area contributed by atoms with E-state index in [1.807, 2.05) is 26.8 Å². The van der Waals surface area contributed by atoms with E-state index in [4.69, 9.17) is 20.2 Å². The number of rotatable bonds is 4. The summed E-state index contributed by atoms with van der Waals surface area (Å²) in [5.74, 6) is -0.0791. The van der Waals surface area contributed by atoms with Crippen molar-refractivity contribution in [3.8, 4) is 0 Å². The topological polar surface area (TPSA) is 133 Å². The number of nitrogens with zero attached hydrogens (tertiary/aromatic N) is 4. The van der Waals surface area contributed by atoms with Crippen LogP contribution in [0.1, 0.15) is 56.1 Å². The van der Waals surface area contributed by atoms with Gasteiger partial charge in [-0.25, -0.2) is 19.7 Å². The van der Waals surface area contributed by atoms with Crippen LogP contribution in [-0.4, -0.2) is 69.8 Å². The Bertz CT molecular complexity index is 1090. The van der Waals surface area contributed by atoms with Gasteiger partial charge in [0.25, 0.3) is 5.91 Å². The molecule has 2 aliphatic heterocycles. The summed E-state index contributed by atoms with van der Waals surface area (Å²) < 4.78 is 10.9. The number of carbonyl (C=O) groups excluding carboxylic acids is 2. The Morgan fingerprint density at radius 2 is 2.12 bits per heavy atom. The molecule has 2 amide bonds. The van der Waals surface area contributed by atoms with E-state index in [2.05, 4.69) is 15.3 Å². The number of amides is 2. The number of carbonyl (C=O) groups is 2. The highest BCUT2D eigenvalue weighted by molar-refractivity contribution is 6.06. The van der Waals surface area contributed by atoms with Gasteiger partial charge < -0.3 is 25.4 Å². The number of ether oxygens (including phenoxy) is 2. The molecular weight excluding hydrogens is 424 g/mol. The van der Waals surface area contributed by atoms with Crippen LogP contribution in [0, 0.1) is 0 Å². The predicted molar refractivity (Wildman–Crippen MR) is 124 cm³/mol. The smallest absolute Gasteiger partial charge is 0.410 e. The molecule has 0 radical (unpaired) electrons. The summed E-state index contributed by atoms with van der Waals surface area (Å²) in [4.78, 5) is 39.7. The number of nitrogens with one attached hydrogen (secondary N) is 1. The molecule has 4 rings (SSSR count). The molecule has 2 saturated heterocycles. The van der Waals surface area contributed by atoms with Crippen LogP contribution in [0.4, 0.5) is 10.6 Å². The molecule has 33 heavy (non-hydrogen) atoms. The monoisotopic (exact) mass is 454 g/mol. The molecule has 2 aromatic rings.